The number of hydrogen-bond donors (Lipinski definition) is 2. The number of thioether (sulfide) groups is 1. The summed E-state index contributed by atoms with van der Waals surface area (Å²) in [6.07, 6.45) is 2.88. The van der Waals surface area contributed by atoms with Crippen molar-refractivity contribution in [3.8, 4) is 16.9 Å². The van der Waals surface area contributed by atoms with E-state index in [-0.39, 0.29) is 35.9 Å². The predicted molar refractivity (Wildman–Crippen MR) is 173 cm³/mol. The molecule has 11 nitrogen and oxygen atoms in total. The number of anilines is 1. The molecule has 46 heavy (non-hydrogen) atoms. The van der Waals surface area contributed by atoms with Crippen molar-refractivity contribution in [2.75, 3.05) is 36.3 Å². The van der Waals surface area contributed by atoms with Gasteiger partial charge in [0, 0.05) is 50.7 Å². The predicted octanol–water partition coefficient (Wildman–Crippen LogP) is 5.71. The van der Waals surface area contributed by atoms with Gasteiger partial charge < -0.3 is 14.8 Å². The molecule has 2 N–H and O–H groups in total. The first-order valence-corrected chi connectivity index (χ1v) is 17.0. The number of aromatic nitrogens is 2. The zero-order chi connectivity index (χ0) is 33.0. The molecule has 0 radical (unpaired) electrons. The summed E-state index contributed by atoms with van der Waals surface area (Å²) < 4.78 is 58.5. The summed E-state index contributed by atoms with van der Waals surface area (Å²) in [5.41, 5.74) is 4.30. The van der Waals surface area contributed by atoms with Crippen LogP contribution in [-0.2, 0) is 21.4 Å². The minimum atomic E-state index is -4.45. The molecule has 15 heteroatoms. The number of halogens is 2. The monoisotopic (exact) mass is 688 g/mol. The molecule has 1 aromatic heterocycles. The molecule has 0 saturated carbocycles. The molecule has 1 aliphatic heterocycles. The third-order valence-corrected chi connectivity index (χ3v) is 9.22. The second kappa shape index (κ2) is 14.1. The van der Waals surface area contributed by atoms with Crippen LogP contribution in [0.15, 0.2) is 65.8 Å². The average Bonchev–Trinajstić information content (AvgIpc) is 3.49. The van der Waals surface area contributed by atoms with E-state index in [0.717, 1.165) is 39.0 Å². The van der Waals surface area contributed by atoms with Crippen LogP contribution in [0, 0.1) is 19.7 Å². The van der Waals surface area contributed by atoms with E-state index < -0.39 is 33.8 Å². The lowest BCUT2D eigenvalue weighted by Crippen LogP contribution is -2.36. The third kappa shape index (κ3) is 7.81. The number of carbonyl (C=O) groups is 2. The summed E-state index contributed by atoms with van der Waals surface area (Å²) in [6, 6.07) is 13.5. The fourth-order valence-corrected chi connectivity index (χ4v) is 6.53. The Morgan fingerprint density at radius 2 is 1.93 bits per heavy atom. The maximum absolute atomic E-state index is 15.0. The number of carbonyl (C=O) groups excluding carboxylic acids is 2. The number of ether oxygens (including phenoxy) is 2. The topological polar surface area (TPSA) is 140 Å². The van der Waals surface area contributed by atoms with Crippen molar-refractivity contribution in [2.45, 2.75) is 25.3 Å². The van der Waals surface area contributed by atoms with Crippen LogP contribution in [0.4, 0.5) is 14.9 Å². The standard InChI is InChI=1S/C31H30ClFN4O7S2/c1-19-5-3-8-28(20(19)2)43-10-11-44-31(39)37-9-12-45-29-23(6-4-7-27(29)37)22-15-35-36(16-22)17-24-25(32)13-21(14-26(24)33)30(38)34-18-46(40,41)42/h3-8,13-16H,9-12,17-18H2,1-2H3,(H,34,38)(H,40,41,42). The fourth-order valence-electron chi connectivity index (χ4n) is 4.80. The number of fused-ring (bicyclic) bond motifs is 1. The molecular weight excluding hydrogens is 659 g/mol. The first-order chi connectivity index (χ1) is 21.9. The van der Waals surface area contributed by atoms with Gasteiger partial charge in [-0.25, -0.2) is 9.18 Å². The Kier molecular flexibility index (Phi) is 10.2. The summed E-state index contributed by atoms with van der Waals surface area (Å²) in [7, 11) is -4.45. The zero-order valence-electron chi connectivity index (χ0n) is 24.8. The van der Waals surface area contributed by atoms with Gasteiger partial charge in [0.05, 0.1) is 18.4 Å². The van der Waals surface area contributed by atoms with Crippen molar-refractivity contribution in [3.05, 3.63) is 94.0 Å². The lowest BCUT2D eigenvalue weighted by molar-refractivity contribution is 0.0958. The Balaban J connectivity index is 1.26. The van der Waals surface area contributed by atoms with Gasteiger partial charge in [-0.1, -0.05) is 35.9 Å². The highest BCUT2D eigenvalue weighted by atomic mass is 35.5. The van der Waals surface area contributed by atoms with E-state index in [0.29, 0.717) is 18.0 Å². The fraction of sp³-hybridized carbons (Fsp3) is 0.258. The van der Waals surface area contributed by atoms with E-state index in [4.69, 9.17) is 25.6 Å². The van der Waals surface area contributed by atoms with E-state index in [1.54, 1.807) is 29.1 Å². The minimum Gasteiger partial charge on any atom is -0.490 e. The van der Waals surface area contributed by atoms with Gasteiger partial charge in [0.2, 0.25) is 0 Å². The molecule has 3 aromatic carbocycles. The van der Waals surface area contributed by atoms with Gasteiger partial charge >= 0.3 is 6.09 Å². The lowest BCUT2D eigenvalue weighted by atomic mass is 10.1. The largest absolute Gasteiger partial charge is 0.490 e. The molecule has 0 bridgehead atoms. The van der Waals surface area contributed by atoms with Gasteiger partial charge in [0.1, 0.15) is 30.7 Å². The van der Waals surface area contributed by atoms with E-state index in [2.05, 4.69) is 5.10 Å². The van der Waals surface area contributed by atoms with E-state index in [9.17, 15) is 18.0 Å². The molecule has 0 atom stereocenters. The van der Waals surface area contributed by atoms with Crippen LogP contribution in [0.1, 0.15) is 27.0 Å². The Hall–Kier alpha value is -4.11. The molecular formula is C31H30ClFN4O7S2. The van der Waals surface area contributed by atoms with Crippen LogP contribution < -0.4 is 15.0 Å². The molecule has 0 fully saturated rings. The lowest BCUT2D eigenvalue weighted by Gasteiger charge is -2.29. The summed E-state index contributed by atoms with van der Waals surface area (Å²) in [5, 5.41) is 6.28. The highest BCUT2D eigenvalue weighted by Gasteiger charge is 2.27. The SMILES string of the molecule is Cc1cccc(OCCOC(=O)N2CCSc3c(-c4cnn(Cc5c(F)cc(C(=O)NCS(=O)(=O)O)cc5Cl)c4)cccc32)c1C. The van der Waals surface area contributed by atoms with Crippen molar-refractivity contribution in [2.24, 2.45) is 0 Å². The van der Waals surface area contributed by atoms with Gasteiger partial charge in [0.15, 0.2) is 0 Å². The average molecular weight is 689 g/mol. The molecule has 5 rings (SSSR count). The van der Waals surface area contributed by atoms with E-state index in [1.807, 2.05) is 55.6 Å². The van der Waals surface area contributed by atoms with Gasteiger partial charge in [-0.3, -0.25) is 18.9 Å². The van der Waals surface area contributed by atoms with Crippen LogP contribution in [0.3, 0.4) is 0 Å². The third-order valence-electron chi connectivity index (χ3n) is 7.27. The smallest absolute Gasteiger partial charge is 0.414 e. The molecule has 242 valence electrons. The first kappa shape index (κ1) is 33.3. The number of hydrogen-bond acceptors (Lipinski definition) is 8. The summed E-state index contributed by atoms with van der Waals surface area (Å²) in [6.45, 7) is 4.72. The maximum Gasteiger partial charge on any atom is 0.414 e. The van der Waals surface area contributed by atoms with Gasteiger partial charge in [-0.15, -0.1) is 11.8 Å². The molecule has 2 amide bonds. The molecule has 0 saturated heterocycles. The molecule has 4 aromatic rings. The highest BCUT2D eigenvalue weighted by Crippen LogP contribution is 2.42. The maximum atomic E-state index is 15.0. The number of rotatable bonds is 10. The molecule has 0 spiro atoms. The Bertz CT molecular complexity index is 1880. The number of amides is 2. The second-order valence-corrected chi connectivity index (χ2v) is 13.4. The van der Waals surface area contributed by atoms with Crippen LogP contribution in [0.25, 0.3) is 11.1 Å². The zero-order valence-corrected chi connectivity index (χ0v) is 27.2. The number of nitrogens with zero attached hydrogens (tertiary/aromatic N) is 3. The van der Waals surface area contributed by atoms with Gasteiger partial charge in [-0.05, 0) is 49.2 Å². The van der Waals surface area contributed by atoms with Crippen molar-refractivity contribution >= 4 is 51.2 Å². The molecule has 2 heterocycles. The van der Waals surface area contributed by atoms with E-state index >= 15 is 4.39 Å². The summed E-state index contributed by atoms with van der Waals surface area (Å²) >= 11 is 7.89. The number of benzene rings is 3. The number of aryl methyl sites for hydroxylation is 1. The van der Waals surface area contributed by atoms with Crippen LogP contribution in [0.5, 0.6) is 5.75 Å². The first-order valence-electron chi connectivity index (χ1n) is 14.0. The van der Waals surface area contributed by atoms with Crippen LogP contribution >= 0.6 is 23.4 Å². The minimum absolute atomic E-state index is 0.0532. The Labute approximate surface area is 274 Å². The quantitative estimate of drug-likeness (QED) is 0.158. The Morgan fingerprint density at radius 3 is 2.70 bits per heavy atom. The normalized spacial score (nSPS) is 12.8. The molecule has 0 aliphatic carbocycles. The van der Waals surface area contributed by atoms with Crippen molar-refractivity contribution in [3.63, 3.8) is 0 Å². The van der Waals surface area contributed by atoms with Crippen molar-refractivity contribution in [1.82, 2.24) is 15.1 Å². The second-order valence-electron chi connectivity index (χ2n) is 10.4. The molecule has 1 aliphatic rings. The van der Waals surface area contributed by atoms with Gasteiger partial charge in [-0.2, -0.15) is 13.5 Å². The van der Waals surface area contributed by atoms with E-state index in [1.165, 1.54) is 10.7 Å². The molecule has 0 unspecified atom stereocenters. The van der Waals surface area contributed by atoms with Crippen LogP contribution in [-0.4, -0.2) is 66.1 Å². The Morgan fingerprint density at radius 1 is 1.15 bits per heavy atom. The van der Waals surface area contributed by atoms with Crippen molar-refractivity contribution < 1.29 is 36.4 Å². The van der Waals surface area contributed by atoms with Gasteiger partial charge in [0.25, 0.3) is 16.0 Å². The summed E-state index contributed by atoms with van der Waals surface area (Å²) in [4.78, 5) is 27.7. The van der Waals surface area contributed by atoms with Crippen molar-refractivity contribution in [1.29, 1.82) is 0 Å². The number of nitrogens with one attached hydrogen (secondary N) is 1. The van der Waals surface area contributed by atoms with Crippen LogP contribution in [0.2, 0.25) is 5.02 Å². The highest BCUT2D eigenvalue weighted by molar-refractivity contribution is 7.99. The summed E-state index contributed by atoms with van der Waals surface area (Å²) in [5.74, 6) is -1.32.